The molecule has 0 spiro atoms. The highest BCUT2D eigenvalue weighted by atomic mass is 127. The van der Waals surface area contributed by atoms with Crippen molar-refractivity contribution in [2.24, 2.45) is 5.92 Å². The molecule has 4 rings (SSSR count). The van der Waals surface area contributed by atoms with Crippen molar-refractivity contribution in [3.63, 3.8) is 0 Å². The van der Waals surface area contributed by atoms with Crippen molar-refractivity contribution < 1.29 is 13.2 Å². The van der Waals surface area contributed by atoms with Crippen LogP contribution in [0.5, 0.6) is 0 Å². The topological polar surface area (TPSA) is 22.6 Å². The summed E-state index contributed by atoms with van der Waals surface area (Å²) in [6.07, 6.45) is -3.40. The maximum absolute atomic E-state index is 13.1. The highest BCUT2D eigenvalue weighted by Crippen LogP contribution is 2.36. The fourth-order valence-electron chi connectivity index (χ4n) is 4.04. The van der Waals surface area contributed by atoms with Gasteiger partial charge in [-0.2, -0.15) is 13.2 Å². The molecule has 1 aromatic heterocycles. The predicted octanol–water partition coefficient (Wildman–Crippen LogP) is 7.01. The number of halogens is 5. The van der Waals surface area contributed by atoms with E-state index in [9.17, 15) is 13.2 Å². The normalized spacial score (nSPS) is 20.0. The van der Waals surface area contributed by atoms with Gasteiger partial charge in [-0.05, 0) is 81.9 Å². The van der Waals surface area contributed by atoms with Crippen LogP contribution in [-0.2, 0) is 6.18 Å². The number of hydrogen-bond donors (Lipinski definition) is 0. The van der Waals surface area contributed by atoms with Crippen molar-refractivity contribution in [1.82, 2.24) is 9.29 Å². The minimum Gasteiger partial charge on any atom is -0.354 e. The highest BCUT2D eigenvalue weighted by molar-refractivity contribution is 14.2. The van der Waals surface area contributed by atoms with E-state index in [0.717, 1.165) is 35.7 Å². The average molecular weight is 627 g/mol. The van der Waals surface area contributed by atoms with Crippen LogP contribution in [0.3, 0.4) is 0 Å². The fraction of sp³-hybridized carbons (Fsp3) is 0.409. The Bertz CT molecular complexity index is 985. The van der Waals surface area contributed by atoms with E-state index in [-0.39, 0.29) is 11.0 Å². The Balaban J connectivity index is 1.33. The molecule has 0 N–H and O–H groups in total. The van der Waals surface area contributed by atoms with Gasteiger partial charge in [-0.15, -0.1) is 0 Å². The van der Waals surface area contributed by atoms with Gasteiger partial charge in [0.25, 0.3) is 0 Å². The smallest absolute Gasteiger partial charge is 0.354 e. The Hall–Kier alpha value is -0.820. The minimum atomic E-state index is -4.44. The SMILES string of the molecule is C=C1CC(CSI)CN1c1ccc(SN2CCN(c3cc(C(F)(F)F)cc(Cl)n3)CC2)cc1. The number of aromatic nitrogens is 1. The summed E-state index contributed by atoms with van der Waals surface area (Å²) < 4.78 is 41.5. The van der Waals surface area contributed by atoms with Crippen LogP contribution in [0.4, 0.5) is 24.7 Å². The number of allylic oxidation sites excluding steroid dienone is 1. The van der Waals surface area contributed by atoms with Crippen LogP contribution >= 0.6 is 53.7 Å². The summed E-state index contributed by atoms with van der Waals surface area (Å²) >= 11 is 9.86. The zero-order chi connectivity index (χ0) is 23.6. The maximum Gasteiger partial charge on any atom is 0.416 e. The lowest BCUT2D eigenvalue weighted by molar-refractivity contribution is -0.137. The first-order chi connectivity index (χ1) is 15.7. The molecule has 0 radical (unpaired) electrons. The molecule has 178 valence electrons. The number of hydrogen-bond acceptors (Lipinski definition) is 6. The van der Waals surface area contributed by atoms with Crippen LogP contribution in [-0.4, -0.2) is 47.8 Å². The van der Waals surface area contributed by atoms with Gasteiger partial charge in [0.1, 0.15) is 11.0 Å². The van der Waals surface area contributed by atoms with Crippen molar-refractivity contribution >= 4 is 65.2 Å². The van der Waals surface area contributed by atoms with Gasteiger partial charge in [-0.3, -0.25) is 0 Å². The van der Waals surface area contributed by atoms with E-state index in [2.05, 4.69) is 66.2 Å². The van der Waals surface area contributed by atoms with Gasteiger partial charge in [0.2, 0.25) is 0 Å². The Morgan fingerprint density at radius 3 is 2.45 bits per heavy atom. The minimum absolute atomic E-state index is 0.142. The van der Waals surface area contributed by atoms with Gasteiger partial charge in [0.05, 0.1) is 5.56 Å². The van der Waals surface area contributed by atoms with Gasteiger partial charge in [-0.1, -0.05) is 27.1 Å². The second-order valence-corrected chi connectivity index (χ2v) is 12.0. The lowest BCUT2D eigenvalue weighted by Gasteiger charge is -2.34. The fourth-order valence-corrected chi connectivity index (χ4v) is 7.07. The molecule has 1 atom stereocenters. The second-order valence-electron chi connectivity index (χ2n) is 8.06. The number of anilines is 2. The van der Waals surface area contributed by atoms with Crippen LogP contribution in [0.25, 0.3) is 0 Å². The zero-order valence-electron chi connectivity index (χ0n) is 17.7. The Labute approximate surface area is 217 Å². The van der Waals surface area contributed by atoms with Crippen molar-refractivity contribution in [1.29, 1.82) is 0 Å². The third kappa shape index (κ3) is 6.45. The molecule has 1 aromatic carbocycles. The van der Waals surface area contributed by atoms with Crippen molar-refractivity contribution in [2.75, 3.05) is 48.3 Å². The van der Waals surface area contributed by atoms with Gasteiger partial charge >= 0.3 is 6.18 Å². The Morgan fingerprint density at radius 1 is 1.12 bits per heavy atom. The first-order valence-electron chi connectivity index (χ1n) is 10.4. The van der Waals surface area contributed by atoms with Gasteiger partial charge in [-0.25, -0.2) is 9.29 Å². The third-order valence-corrected chi connectivity index (χ3v) is 8.68. The molecule has 4 nitrogen and oxygen atoms in total. The number of alkyl halides is 3. The molecule has 0 bridgehead atoms. The van der Waals surface area contributed by atoms with Crippen LogP contribution in [0.2, 0.25) is 5.15 Å². The Kier molecular flexibility index (Phi) is 8.31. The molecule has 0 amide bonds. The number of piperazine rings is 1. The summed E-state index contributed by atoms with van der Waals surface area (Å²) in [7, 11) is 1.85. The largest absolute Gasteiger partial charge is 0.416 e. The van der Waals surface area contributed by atoms with Crippen molar-refractivity contribution in [2.45, 2.75) is 17.5 Å². The number of rotatable bonds is 6. The zero-order valence-corrected chi connectivity index (χ0v) is 22.2. The summed E-state index contributed by atoms with van der Waals surface area (Å²) in [5, 5.41) is -0.142. The highest BCUT2D eigenvalue weighted by Gasteiger charge is 2.32. The quantitative estimate of drug-likeness (QED) is 0.194. The molecule has 0 aliphatic carbocycles. The molecule has 1 unspecified atom stereocenters. The number of pyridine rings is 1. The van der Waals surface area contributed by atoms with Crippen LogP contribution in [0.1, 0.15) is 12.0 Å². The van der Waals surface area contributed by atoms with Gasteiger partial charge in [0, 0.05) is 54.8 Å². The lowest BCUT2D eigenvalue weighted by Crippen LogP contribution is -2.43. The second kappa shape index (κ2) is 10.8. The molecule has 2 fully saturated rings. The average Bonchev–Trinajstić information content (AvgIpc) is 3.14. The molecule has 0 saturated carbocycles. The van der Waals surface area contributed by atoms with E-state index in [1.807, 2.05) is 13.8 Å². The van der Waals surface area contributed by atoms with Gasteiger partial charge in [0.15, 0.2) is 0 Å². The molecule has 2 aliphatic rings. The molecule has 33 heavy (non-hydrogen) atoms. The van der Waals surface area contributed by atoms with Crippen LogP contribution in [0.15, 0.2) is 53.6 Å². The lowest BCUT2D eigenvalue weighted by atomic mass is 10.1. The predicted molar refractivity (Wildman–Crippen MR) is 141 cm³/mol. The first kappa shape index (κ1) is 25.3. The van der Waals surface area contributed by atoms with Crippen LogP contribution < -0.4 is 9.80 Å². The van der Waals surface area contributed by atoms with E-state index in [0.29, 0.717) is 32.1 Å². The molecule has 2 aromatic rings. The number of nitrogens with zero attached hydrogens (tertiary/aromatic N) is 4. The maximum atomic E-state index is 13.1. The Morgan fingerprint density at radius 2 is 1.82 bits per heavy atom. The standard InChI is InChI=1S/C22H23ClF3IN4S2/c1-15-10-16(14-32-27)13-31(15)18-2-4-19(5-3-18)33-30-8-6-29(7-9-30)21-12-17(22(24,25)26)11-20(23)28-21/h2-5,11-12,16H,1,6-10,13-14H2. The molecule has 2 aliphatic heterocycles. The third-order valence-electron chi connectivity index (χ3n) is 5.70. The summed E-state index contributed by atoms with van der Waals surface area (Å²) in [5.74, 6) is 2.05. The number of benzene rings is 1. The van der Waals surface area contributed by atoms with Gasteiger partial charge < -0.3 is 9.80 Å². The van der Waals surface area contributed by atoms with E-state index >= 15 is 0 Å². The van der Waals surface area contributed by atoms with Crippen molar-refractivity contribution in [3.05, 3.63) is 59.4 Å². The molecule has 3 heterocycles. The van der Waals surface area contributed by atoms with E-state index in [1.54, 1.807) is 11.9 Å². The van der Waals surface area contributed by atoms with E-state index in [4.69, 9.17) is 11.6 Å². The van der Waals surface area contributed by atoms with Crippen LogP contribution in [0, 0.1) is 5.92 Å². The van der Waals surface area contributed by atoms with E-state index < -0.39 is 11.7 Å². The summed E-state index contributed by atoms with van der Waals surface area (Å²) in [6, 6.07) is 10.4. The van der Waals surface area contributed by atoms with E-state index in [1.165, 1.54) is 11.4 Å². The monoisotopic (exact) mass is 626 g/mol. The molecular weight excluding hydrogens is 604 g/mol. The molecular formula is C22H23ClF3IN4S2. The molecule has 11 heteroatoms. The first-order valence-corrected chi connectivity index (χ1v) is 15.1. The van der Waals surface area contributed by atoms with Crippen molar-refractivity contribution in [3.8, 4) is 0 Å². The summed E-state index contributed by atoms with van der Waals surface area (Å²) in [5.41, 5.74) is 1.57. The molecule has 2 saturated heterocycles. The summed E-state index contributed by atoms with van der Waals surface area (Å²) in [6.45, 7) is 7.83. The summed E-state index contributed by atoms with van der Waals surface area (Å²) in [4.78, 5) is 9.39.